The number of hydrogen-bond donors (Lipinski definition) is 0. The highest BCUT2D eigenvalue weighted by atomic mass is 19.1. The van der Waals surface area contributed by atoms with Crippen molar-refractivity contribution in [3.63, 3.8) is 0 Å². The number of nitrogens with zero attached hydrogens (tertiary/aromatic N) is 3. The molecule has 0 aromatic heterocycles. The first-order valence-corrected chi connectivity index (χ1v) is 10.3. The Morgan fingerprint density at radius 1 is 0.903 bits per heavy atom. The van der Waals surface area contributed by atoms with Crippen LogP contribution in [0.25, 0.3) is 0 Å². The van der Waals surface area contributed by atoms with Gasteiger partial charge >= 0.3 is 0 Å². The Balaban J connectivity index is 1.76. The van der Waals surface area contributed by atoms with Crippen LogP contribution < -0.4 is 4.90 Å². The standard InChI is InChI=1S/C26H22FN3O/c1-29-17-16-28-23(18-8-4-2-5-9-18)22-24(19-12-14-20(27)15-13-19)30(26(31)25(22)29)21-10-6-3-7-11-21/h2-15,24H,16-17H2,1H3. The number of likely N-dealkylation sites (N-methyl/N-ethyl adjacent to an activating group) is 1. The minimum Gasteiger partial charge on any atom is -0.368 e. The van der Waals surface area contributed by atoms with Gasteiger partial charge in [-0.15, -0.1) is 0 Å². The molecule has 0 fully saturated rings. The van der Waals surface area contributed by atoms with Gasteiger partial charge in [0.15, 0.2) is 0 Å². The van der Waals surface area contributed by atoms with Crippen LogP contribution in [-0.2, 0) is 4.79 Å². The first kappa shape index (κ1) is 19.2. The van der Waals surface area contributed by atoms with Gasteiger partial charge < -0.3 is 4.90 Å². The van der Waals surface area contributed by atoms with Gasteiger partial charge in [-0.3, -0.25) is 14.7 Å². The molecule has 31 heavy (non-hydrogen) atoms. The number of rotatable bonds is 3. The molecular formula is C26H22FN3O. The molecule has 0 saturated carbocycles. The third kappa shape index (κ3) is 3.32. The summed E-state index contributed by atoms with van der Waals surface area (Å²) in [5.74, 6) is -0.368. The number of anilines is 1. The van der Waals surface area contributed by atoms with Crippen molar-refractivity contribution in [1.82, 2.24) is 4.90 Å². The zero-order valence-corrected chi connectivity index (χ0v) is 17.2. The lowest BCUT2D eigenvalue weighted by atomic mass is 9.91. The van der Waals surface area contributed by atoms with Crippen LogP contribution in [0.5, 0.6) is 0 Å². The van der Waals surface area contributed by atoms with Gasteiger partial charge in [-0.05, 0) is 29.8 Å². The normalized spacial score (nSPS) is 18.7. The number of hydrogen-bond acceptors (Lipinski definition) is 3. The summed E-state index contributed by atoms with van der Waals surface area (Å²) < 4.78 is 13.7. The third-order valence-electron chi connectivity index (χ3n) is 5.82. The summed E-state index contributed by atoms with van der Waals surface area (Å²) in [7, 11) is 1.94. The molecule has 0 bridgehead atoms. The smallest absolute Gasteiger partial charge is 0.275 e. The summed E-state index contributed by atoms with van der Waals surface area (Å²) in [5, 5.41) is 0. The average Bonchev–Trinajstić information content (AvgIpc) is 2.99. The van der Waals surface area contributed by atoms with E-state index in [-0.39, 0.29) is 11.7 Å². The largest absolute Gasteiger partial charge is 0.368 e. The van der Waals surface area contributed by atoms with Crippen LogP contribution in [-0.4, -0.2) is 36.7 Å². The van der Waals surface area contributed by atoms with Gasteiger partial charge in [0.05, 0.1) is 18.3 Å². The molecule has 3 aromatic rings. The average molecular weight is 411 g/mol. The highest BCUT2D eigenvalue weighted by Gasteiger charge is 2.45. The molecule has 2 aliphatic rings. The number of amides is 1. The van der Waals surface area contributed by atoms with E-state index in [1.807, 2.05) is 72.6 Å². The van der Waals surface area contributed by atoms with Gasteiger partial charge in [-0.1, -0.05) is 60.7 Å². The molecule has 0 saturated heterocycles. The van der Waals surface area contributed by atoms with Gasteiger partial charge in [0.25, 0.3) is 5.91 Å². The lowest BCUT2D eigenvalue weighted by Gasteiger charge is -2.28. The second kappa shape index (κ2) is 7.84. The Morgan fingerprint density at radius 2 is 1.55 bits per heavy atom. The van der Waals surface area contributed by atoms with E-state index in [1.54, 1.807) is 17.0 Å². The van der Waals surface area contributed by atoms with Crippen LogP contribution in [0.3, 0.4) is 0 Å². The molecule has 5 heteroatoms. The fourth-order valence-corrected chi connectivity index (χ4v) is 4.38. The van der Waals surface area contributed by atoms with E-state index in [2.05, 4.69) is 0 Å². The molecule has 0 spiro atoms. The summed E-state index contributed by atoms with van der Waals surface area (Å²) in [6.07, 6.45) is 0. The van der Waals surface area contributed by atoms with Crippen molar-refractivity contribution in [3.8, 4) is 0 Å². The van der Waals surface area contributed by atoms with Crippen LogP contribution in [0.1, 0.15) is 17.2 Å². The minimum atomic E-state index is -0.398. The first-order valence-electron chi connectivity index (χ1n) is 10.3. The van der Waals surface area contributed by atoms with Crippen LogP contribution in [0.2, 0.25) is 0 Å². The van der Waals surface area contributed by atoms with Crippen LogP contribution in [0.4, 0.5) is 10.1 Å². The summed E-state index contributed by atoms with van der Waals surface area (Å²) in [6.45, 7) is 1.25. The molecule has 2 aliphatic heterocycles. The first-order chi connectivity index (χ1) is 15.1. The Labute approximate surface area is 181 Å². The number of carbonyl (C=O) groups is 1. The molecule has 5 rings (SSSR count). The maximum absolute atomic E-state index is 13.8. The third-order valence-corrected chi connectivity index (χ3v) is 5.82. The highest BCUT2D eigenvalue weighted by Crippen LogP contribution is 2.44. The van der Waals surface area contributed by atoms with E-state index in [0.717, 1.165) is 28.1 Å². The van der Waals surface area contributed by atoms with Gasteiger partial charge in [0.1, 0.15) is 11.5 Å². The molecule has 2 heterocycles. The van der Waals surface area contributed by atoms with E-state index in [1.165, 1.54) is 12.1 Å². The Kier molecular flexibility index (Phi) is 4.86. The van der Waals surface area contributed by atoms with Crippen LogP contribution >= 0.6 is 0 Å². The van der Waals surface area contributed by atoms with E-state index < -0.39 is 6.04 Å². The SMILES string of the molecule is CN1CCN=C(c2ccccc2)C2=C1C(=O)N(c1ccccc1)C2c1ccc(F)cc1. The summed E-state index contributed by atoms with van der Waals surface area (Å²) in [6, 6.07) is 25.6. The number of carbonyl (C=O) groups excluding carboxylic acids is 1. The predicted octanol–water partition coefficient (Wildman–Crippen LogP) is 4.60. The Morgan fingerprint density at radius 3 is 2.23 bits per heavy atom. The van der Waals surface area contributed by atoms with Crippen molar-refractivity contribution in [2.75, 3.05) is 25.0 Å². The van der Waals surface area contributed by atoms with Gasteiger partial charge in [-0.25, -0.2) is 4.39 Å². The Hall–Kier alpha value is -3.73. The molecular weight excluding hydrogens is 389 g/mol. The quantitative estimate of drug-likeness (QED) is 0.631. The molecule has 0 aliphatic carbocycles. The summed E-state index contributed by atoms with van der Waals surface area (Å²) >= 11 is 0. The monoisotopic (exact) mass is 411 g/mol. The van der Waals surface area contributed by atoms with Gasteiger partial charge in [0, 0.05) is 30.4 Å². The zero-order valence-electron chi connectivity index (χ0n) is 17.2. The van der Waals surface area contributed by atoms with Crippen LogP contribution in [0, 0.1) is 5.82 Å². The second-order valence-corrected chi connectivity index (χ2v) is 7.74. The number of para-hydroxylation sites is 1. The van der Waals surface area contributed by atoms with Crippen molar-refractivity contribution >= 4 is 17.3 Å². The van der Waals surface area contributed by atoms with Gasteiger partial charge in [-0.2, -0.15) is 0 Å². The van der Waals surface area contributed by atoms with E-state index in [0.29, 0.717) is 18.8 Å². The zero-order chi connectivity index (χ0) is 21.4. The fraction of sp³-hybridized carbons (Fsp3) is 0.154. The van der Waals surface area contributed by atoms with Crippen molar-refractivity contribution in [2.45, 2.75) is 6.04 Å². The number of aliphatic imine (C=N–C) groups is 1. The molecule has 0 radical (unpaired) electrons. The molecule has 4 nitrogen and oxygen atoms in total. The lowest BCUT2D eigenvalue weighted by Crippen LogP contribution is -2.34. The van der Waals surface area contributed by atoms with E-state index in [4.69, 9.17) is 4.99 Å². The summed E-state index contributed by atoms with van der Waals surface area (Å²) in [5.41, 5.74) is 4.96. The van der Waals surface area contributed by atoms with Crippen molar-refractivity contribution in [1.29, 1.82) is 0 Å². The number of benzene rings is 3. The summed E-state index contributed by atoms with van der Waals surface area (Å²) in [4.78, 5) is 22.5. The lowest BCUT2D eigenvalue weighted by molar-refractivity contribution is -0.116. The maximum atomic E-state index is 13.8. The second-order valence-electron chi connectivity index (χ2n) is 7.74. The van der Waals surface area contributed by atoms with E-state index in [9.17, 15) is 9.18 Å². The molecule has 154 valence electrons. The van der Waals surface area contributed by atoms with Crippen molar-refractivity contribution < 1.29 is 9.18 Å². The fourth-order valence-electron chi connectivity index (χ4n) is 4.38. The highest BCUT2D eigenvalue weighted by molar-refractivity contribution is 6.23. The van der Waals surface area contributed by atoms with E-state index >= 15 is 0 Å². The van der Waals surface area contributed by atoms with Crippen molar-refractivity contribution in [2.24, 2.45) is 4.99 Å². The minimum absolute atomic E-state index is 0.0662. The molecule has 0 N–H and O–H groups in total. The number of halogens is 1. The van der Waals surface area contributed by atoms with Crippen molar-refractivity contribution in [3.05, 3.63) is 113 Å². The molecule has 3 aromatic carbocycles. The molecule has 1 amide bonds. The maximum Gasteiger partial charge on any atom is 0.275 e. The topological polar surface area (TPSA) is 35.9 Å². The Bertz CT molecular complexity index is 1170. The van der Waals surface area contributed by atoms with Gasteiger partial charge in [0.2, 0.25) is 0 Å². The van der Waals surface area contributed by atoms with Crippen LogP contribution in [0.15, 0.2) is 101 Å². The molecule has 1 atom stereocenters. The molecule has 1 unspecified atom stereocenters. The predicted molar refractivity (Wildman–Crippen MR) is 121 cm³/mol.